The van der Waals surface area contributed by atoms with Crippen LogP contribution in [0.1, 0.15) is 12.6 Å². The highest BCUT2D eigenvalue weighted by Crippen LogP contribution is 2.36. The number of aromatic nitrogens is 4. The number of pyridine rings is 2. The van der Waals surface area contributed by atoms with Gasteiger partial charge in [0.1, 0.15) is 17.1 Å². The lowest BCUT2D eigenvalue weighted by Crippen LogP contribution is -2.09. The fourth-order valence-corrected chi connectivity index (χ4v) is 4.98. The van der Waals surface area contributed by atoms with Crippen LogP contribution in [0.4, 0.5) is 13.2 Å². The zero-order valence-electron chi connectivity index (χ0n) is 19.7. The lowest BCUT2D eigenvalue weighted by molar-refractivity contribution is -0.141. The molecule has 36 heavy (non-hydrogen) atoms. The van der Waals surface area contributed by atoms with Crippen LogP contribution in [0.2, 0.25) is 0 Å². The van der Waals surface area contributed by atoms with E-state index < -0.39 is 21.7 Å². The van der Waals surface area contributed by atoms with Crippen LogP contribution in [0.25, 0.3) is 33.7 Å². The number of hydrogen-bond acceptors (Lipinski definition) is 7. The van der Waals surface area contributed by atoms with Gasteiger partial charge in [-0.3, -0.25) is 4.98 Å². The van der Waals surface area contributed by atoms with Crippen molar-refractivity contribution < 1.29 is 26.3 Å². The highest BCUT2D eigenvalue weighted by atomic mass is 32.2. The second kappa shape index (κ2) is 10.1. The van der Waals surface area contributed by atoms with Crippen molar-refractivity contribution in [3.8, 4) is 28.4 Å². The fraction of sp³-hybridized carbons (Fsp3) is 0.292. The number of imidazole rings is 1. The summed E-state index contributed by atoms with van der Waals surface area (Å²) in [6.45, 7) is 2.00. The summed E-state index contributed by atoms with van der Waals surface area (Å²) in [5.41, 5.74) is 0.528. The molecule has 0 spiro atoms. The highest BCUT2D eigenvalue weighted by Gasteiger charge is 2.33. The predicted octanol–water partition coefficient (Wildman–Crippen LogP) is 5.25. The Kier molecular flexibility index (Phi) is 7.28. The summed E-state index contributed by atoms with van der Waals surface area (Å²) in [5.74, 6) is 1.31. The van der Waals surface area contributed by atoms with E-state index in [2.05, 4.69) is 15.0 Å². The van der Waals surface area contributed by atoms with Crippen molar-refractivity contribution in [1.82, 2.24) is 19.5 Å². The van der Waals surface area contributed by atoms with E-state index in [9.17, 15) is 21.6 Å². The molecular weight excluding hydrogens is 513 g/mol. The molecule has 0 bridgehead atoms. The molecule has 0 unspecified atom stereocenters. The molecular formula is C24H23F3N4O3S2. The summed E-state index contributed by atoms with van der Waals surface area (Å²) in [7, 11) is -2.21. The van der Waals surface area contributed by atoms with Crippen molar-refractivity contribution in [3.63, 3.8) is 0 Å². The summed E-state index contributed by atoms with van der Waals surface area (Å²) in [4.78, 5) is 12.2. The number of benzene rings is 1. The van der Waals surface area contributed by atoms with Gasteiger partial charge in [0.05, 0.1) is 34.5 Å². The zero-order valence-corrected chi connectivity index (χ0v) is 21.3. The van der Waals surface area contributed by atoms with E-state index in [-0.39, 0.29) is 27.7 Å². The first kappa shape index (κ1) is 26.0. The molecule has 1 aromatic carbocycles. The number of para-hydroxylation sites is 1. The Bertz CT molecular complexity index is 1520. The molecule has 0 radical (unpaired) electrons. The average Bonchev–Trinajstić information content (AvgIpc) is 3.19. The third-order valence-corrected chi connectivity index (χ3v) is 7.90. The van der Waals surface area contributed by atoms with Gasteiger partial charge in [-0.2, -0.15) is 24.9 Å². The number of hydrogen-bond donors (Lipinski definition) is 0. The molecule has 0 aliphatic heterocycles. The Morgan fingerprint density at radius 3 is 2.56 bits per heavy atom. The van der Waals surface area contributed by atoms with Crippen LogP contribution in [-0.2, 0) is 23.1 Å². The van der Waals surface area contributed by atoms with Gasteiger partial charge in [-0.1, -0.05) is 25.1 Å². The van der Waals surface area contributed by atoms with Crippen LogP contribution in [0.5, 0.6) is 5.75 Å². The molecule has 12 heteroatoms. The summed E-state index contributed by atoms with van der Waals surface area (Å²) >= 11 is 1.64. The Labute approximate surface area is 210 Å². The Balaban J connectivity index is 1.88. The first-order chi connectivity index (χ1) is 17.1. The second-order valence-electron chi connectivity index (χ2n) is 7.86. The van der Waals surface area contributed by atoms with Gasteiger partial charge in [0.25, 0.3) is 0 Å². The van der Waals surface area contributed by atoms with Crippen LogP contribution >= 0.6 is 11.8 Å². The number of fused-ring (bicyclic) bond motifs is 1. The fourth-order valence-electron chi connectivity index (χ4n) is 3.67. The van der Waals surface area contributed by atoms with E-state index in [1.54, 1.807) is 24.9 Å². The molecule has 0 saturated carbocycles. The molecule has 190 valence electrons. The molecule has 0 N–H and O–H groups in total. The quantitative estimate of drug-likeness (QED) is 0.284. The molecule has 0 atom stereocenters. The van der Waals surface area contributed by atoms with Crippen LogP contribution in [0.15, 0.2) is 53.7 Å². The normalized spacial score (nSPS) is 12.3. The maximum Gasteiger partial charge on any atom is 0.433 e. The van der Waals surface area contributed by atoms with Crippen molar-refractivity contribution >= 4 is 32.6 Å². The Hall–Kier alpha value is -3.12. The van der Waals surface area contributed by atoms with Gasteiger partial charge >= 0.3 is 6.18 Å². The van der Waals surface area contributed by atoms with Gasteiger partial charge in [0.15, 0.2) is 15.7 Å². The lowest BCUT2D eigenvalue weighted by Gasteiger charge is -2.14. The molecule has 3 aromatic heterocycles. The number of sulfone groups is 1. The maximum atomic E-state index is 13.1. The number of ether oxygens (including phenoxy) is 1. The van der Waals surface area contributed by atoms with Gasteiger partial charge < -0.3 is 9.30 Å². The minimum Gasteiger partial charge on any atom is -0.492 e. The van der Waals surface area contributed by atoms with Crippen LogP contribution in [0.3, 0.4) is 0 Å². The molecule has 0 saturated heterocycles. The average molecular weight is 537 g/mol. The first-order valence-corrected chi connectivity index (χ1v) is 14.0. The minimum atomic E-state index is -4.63. The van der Waals surface area contributed by atoms with Gasteiger partial charge in [0.2, 0.25) is 0 Å². The maximum absolute atomic E-state index is 13.1. The Morgan fingerprint density at radius 2 is 1.86 bits per heavy atom. The number of nitrogens with zero attached hydrogens (tertiary/aromatic N) is 4. The Morgan fingerprint density at radius 1 is 1.11 bits per heavy atom. The molecule has 0 aliphatic carbocycles. The van der Waals surface area contributed by atoms with Crippen LogP contribution < -0.4 is 4.74 Å². The van der Waals surface area contributed by atoms with E-state index in [1.165, 1.54) is 23.8 Å². The zero-order chi connectivity index (χ0) is 26.1. The number of thioether (sulfide) groups is 1. The molecule has 7 nitrogen and oxygen atoms in total. The van der Waals surface area contributed by atoms with Crippen LogP contribution in [-0.4, -0.2) is 52.3 Å². The van der Waals surface area contributed by atoms with Crippen LogP contribution in [0, 0.1) is 0 Å². The van der Waals surface area contributed by atoms with Gasteiger partial charge in [-0.25, -0.2) is 18.4 Å². The number of aryl methyl sites for hydroxylation is 1. The van der Waals surface area contributed by atoms with Gasteiger partial charge in [-0.15, -0.1) is 0 Å². The van der Waals surface area contributed by atoms with E-state index in [1.807, 2.05) is 24.5 Å². The molecule has 4 aromatic rings. The highest BCUT2D eigenvalue weighted by molar-refractivity contribution is 7.98. The van der Waals surface area contributed by atoms with Gasteiger partial charge in [0, 0.05) is 30.1 Å². The van der Waals surface area contributed by atoms with Crippen molar-refractivity contribution in [2.24, 2.45) is 7.05 Å². The van der Waals surface area contributed by atoms with Crippen molar-refractivity contribution in [2.45, 2.75) is 18.0 Å². The monoisotopic (exact) mass is 536 g/mol. The largest absolute Gasteiger partial charge is 0.492 e. The SMILES string of the molecule is CCS(=O)(=O)c1cc(-c2ccccc2OCCSC)cnc1-c1nc2cc(C(F)(F)F)ncc2n1C. The molecule has 0 aliphatic rings. The molecule has 3 heterocycles. The van der Waals surface area contributed by atoms with Crippen molar-refractivity contribution in [2.75, 3.05) is 24.4 Å². The third-order valence-electron chi connectivity index (χ3n) is 5.58. The second-order valence-corrected chi connectivity index (χ2v) is 11.1. The molecule has 4 rings (SSSR count). The van der Waals surface area contributed by atoms with Gasteiger partial charge in [-0.05, 0) is 24.5 Å². The molecule has 0 amide bonds. The smallest absolute Gasteiger partial charge is 0.433 e. The van der Waals surface area contributed by atoms with Crippen molar-refractivity contribution in [3.05, 3.63) is 54.5 Å². The van der Waals surface area contributed by atoms with E-state index >= 15 is 0 Å². The first-order valence-electron chi connectivity index (χ1n) is 10.9. The summed E-state index contributed by atoms with van der Waals surface area (Å²) in [6.07, 6.45) is -0.0761. The number of halogens is 3. The summed E-state index contributed by atoms with van der Waals surface area (Å²) in [5, 5.41) is 0. The molecule has 0 fully saturated rings. The lowest BCUT2D eigenvalue weighted by atomic mass is 10.1. The number of rotatable bonds is 8. The topological polar surface area (TPSA) is 87.0 Å². The van der Waals surface area contributed by atoms with E-state index in [0.29, 0.717) is 29.0 Å². The number of alkyl halides is 3. The summed E-state index contributed by atoms with van der Waals surface area (Å²) in [6, 6.07) is 9.60. The van der Waals surface area contributed by atoms with E-state index in [0.717, 1.165) is 18.0 Å². The third kappa shape index (κ3) is 5.05. The van der Waals surface area contributed by atoms with Crippen molar-refractivity contribution in [1.29, 1.82) is 0 Å². The van der Waals surface area contributed by atoms with E-state index in [4.69, 9.17) is 4.74 Å². The summed E-state index contributed by atoms with van der Waals surface area (Å²) < 4.78 is 73.0. The minimum absolute atomic E-state index is 0.0353. The predicted molar refractivity (Wildman–Crippen MR) is 134 cm³/mol. The standard InChI is InChI=1S/C24H23F3N4O3S2/c1-4-36(32,33)20-11-15(16-7-5-6-8-19(16)34-9-10-35-3)13-29-22(20)23-30-17-12-21(24(25,26)27)28-14-18(17)31(23)2/h5-8,11-14H,4,9-10H2,1-3H3.